The molecule has 0 saturated heterocycles. The number of carbonyl (C=O) groups excluding carboxylic acids is 1. The minimum absolute atomic E-state index is 0.174. The first-order chi connectivity index (χ1) is 9.22. The summed E-state index contributed by atoms with van der Waals surface area (Å²) in [5, 5.41) is 3.36. The Morgan fingerprint density at radius 2 is 1.74 bits per heavy atom. The number of nitrogens with one attached hydrogen (secondary N) is 1. The molecule has 0 fully saturated rings. The van der Waals surface area contributed by atoms with E-state index in [9.17, 15) is 4.79 Å². The van der Waals surface area contributed by atoms with Crippen LogP contribution < -0.4 is 5.32 Å². The summed E-state index contributed by atoms with van der Waals surface area (Å²) in [5.41, 5.74) is 4.20. The SMILES string of the molecule is CCC(=O)c1ccccc1NCc1ccccc1C. The molecule has 98 valence electrons. The molecule has 2 aromatic carbocycles. The number of hydrogen-bond acceptors (Lipinski definition) is 2. The monoisotopic (exact) mass is 253 g/mol. The summed E-state index contributed by atoms with van der Waals surface area (Å²) in [4.78, 5) is 11.9. The maximum Gasteiger partial charge on any atom is 0.164 e. The molecule has 2 nitrogen and oxygen atoms in total. The van der Waals surface area contributed by atoms with Crippen molar-refractivity contribution in [3.8, 4) is 0 Å². The number of rotatable bonds is 5. The first-order valence-corrected chi connectivity index (χ1v) is 6.63. The summed E-state index contributed by atoms with van der Waals surface area (Å²) in [5.74, 6) is 0.174. The molecule has 0 bridgehead atoms. The van der Waals surface area contributed by atoms with E-state index in [0.717, 1.165) is 17.8 Å². The summed E-state index contributed by atoms with van der Waals surface area (Å²) in [6.45, 7) is 4.72. The van der Waals surface area contributed by atoms with Gasteiger partial charge in [-0.1, -0.05) is 43.3 Å². The first-order valence-electron chi connectivity index (χ1n) is 6.63. The van der Waals surface area contributed by atoms with E-state index in [1.54, 1.807) is 0 Å². The van der Waals surface area contributed by atoms with Crippen LogP contribution in [0.15, 0.2) is 48.5 Å². The summed E-state index contributed by atoms with van der Waals surface area (Å²) in [6.07, 6.45) is 0.531. The lowest BCUT2D eigenvalue weighted by molar-refractivity contribution is 0.0989. The van der Waals surface area contributed by atoms with Crippen LogP contribution in [0.2, 0.25) is 0 Å². The lowest BCUT2D eigenvalue weighted by Gasteiger charge is -2.12. The van der Waals surface area contributed by atoms with Crippen LogP contribution in [-0.4, -0.2) is 5.78 Å². The molecule has 0 amide bonds. The summed E-state index contributed by atoms with van der Waals surface area (Å²) >= 11 is 0. The molecule has 0 radical (unpaired) electrons. The van der Waals surface area contributed by atoms with Gasteiger partial charge < -0.3 is 5.32 Å². The third-order valence-corrected chi connectivity index (χ3v) is 3.28. The zero-order valence-corrected chi connectivity index (χ0v) is 11.4. The van der Waals surface area contributed by atoms with Crippen molar-refractivity contribution in [2.45, 2.75) is 26.8 Å². The molecular weight excluding hydrogens is 234 g/mol. The summed E-state index contributed by atoms with van der Waals surface area (Å²) in [6, 6.07) is 16.0. The van der Waals surface area contributed by atoms with Crippen molar-refractivity contribution >= 4 is 11.5 Å². The lowest BCUT2D eigenvalue weighted by atomic mass is 10.1. The number of hydrogen-bond donors (Lipinski definition) is 1. The van der Waals surface area contributed by atoms with E-state index in [1.165, 1.54) is 11.1 Å². The number of benzene rings is 2. The number of para-hydroxylation sites is 1. The van der Waals surface area contributed by atoms with Crippen molar-refractivity contribution < 1.29 is 4.79 Å². The molecule has 0 unspecified atom stereocenters. The number of anilines is 1. The molecular formula is C17H19NO. The quantitative estimate of drug-likeness (QED) is 0.809. The van der Waals surface area contributed by atoms with Crippen LogP contribution in [0.4, 0.5) is 5.69 Å². The van der Waals surface area contributed by atoms with E-state index in [4.69, 9.17) is 0 Å². The number of ketones is 1. The molecule has 2 rings (SSSR count). The van der Waals surface area contributed by atoms with Gasteiger partial charge in [-0.05, 0) is 30.2 Å². The highest BCUT2D eigenvalue weighted by Gasteiger charge is 2.08. The van der Waals surface area contributed by atoms with Crippen molar-refractivity contribution in [2.24, 2.45) is 0 Å². The number of carbonyl (C=O) groups is 1. The van der Waals surface area contributed by atoms with E-state index in [1.807, 2.05) is 43.3 Å². The smallest absolute Gasteiger partial charge is 0.164 e. The standard InChI is InChI=1S/C17H19NO/c1-3-17(19)15-10-6-7-11-16(15)18-12-14-9-5-4-8-13(14)2/h4-11,18H,3,12H2,1-2H3. The van der Waals surface area contributed by atoms with Gasteiger partial charge in [-0.25, -0.2) is 0 Å². The fourth-order valence-electron chi connectivity index (χ4n) is 2.07. The Bertz CT molecular complexity index is 575. The fraction of sp³-hybridized carbons (Fsp3) is 0.235. The van der Waals surface area contributed by atoms with Gasteiger partial charge in [-0.15, -0.1) is 0 Å². The van der Waals surface area contributed by atoms with Crippen LogP contribution in [-0.2, 0) is 6.54 Å². The Morgan fingerprint density at radius 1 is 1.05 bits per heavy atom. The van der Waals surface area contributed by atoms with Gasteiger partial charge in [-0.2, -0.15) is 0 Å². The van der Waals surface area contributed by atoms with Crippen molar-refractivity contribution in [1.29, 1.82) is 0 Å². The van der Waals surface area contributed by atoms with Gasteiger partial charge >= 0.3 is 0 Å². The molecule has 1 N–H and O–H groups in total. The molecule has 0 aliphatic rings. The summed E-state index contributed by atoms with van der Waals surface area (Å²) in [7, 11) is 0. The fourth-order valence-corrected chi connectivity index (χ4v) is 2.07. The Kier molecular flexibility index (Phi) is 4.35. The number of aryl methyl sites for hydroxylation is 1. The second kappa shape index (κ2) is 6.19. The van der Waals surface area contributed by atoms with Crippen LogP contribution in [0.25, 0.3) is 0 Å². The average Bonchev–Trinajstić information content (AvgIpc) is 2.46. The molecule has 2 aromatic rings. The Hall–Kier alpha value is -2.09. The van der Waals surface area contributed by atoms with E-state index < -0.39 is 0 Å². The molecule has 0 aliphatic heterocycles. The molecule has 0 atom stereocenters. The predicted molar refractivity (Wildman–Crippen MR) is 79.6 cm³/mol. The molecule has 19 heavy (non-hydrogen) atoms. The van der Waals surface area contributed by atoms with Gasteiger partial charge in [0.25, 0.3) is 0 Å². The molecule has 0 heterocycles. The van der Waals surface area contributed by atoms with Crippen molar-refractivity contribution in [2.75, 3.05) is 5.32 Å². The van der Waals surface area contributed by atoms with Gasteiger partial charge in [0.1, 0.15) is 0 Å². The van der Waals surface area contributed by atoms with E-state index >= 15 is 0 Å². The topological polar surface area (TPSA) is 29.1 Å². The highest BCUT2D eigenvalue weighted by molar-refractivity contribution is 6.00. The molecule has 0 aliphatic carbocycles. The minimum Gasteiger partial charge on any atom is -0.380 e. The molecule has 0 saturated carbocycles. The minimum atomic E-state index is 0.174. The van der Waals surface area contributed by atoms with Crippen molar-refractivity contribution in [3.05, 3.63) is 65.2 Å². The molecule has 0 aromatic heterocycles. The van der Waals surface area contributed by atoms with Crippen LogP contribution in [0.1, 0.15) is 34.8 Å². The third kappa shape index (κ3) is 3.22. The predicted octanol–water partition coefficient (Wildman–Crippen LogP) is 4.20. The maximum absolute atomic E-state index is 11.9. The van der Waals surface area contributed by atoms with Crippen molar-refractivity contribution in [3.63, 3.8) is 0 Å². The zero-order chi connectivity index (χ0) is 13.7. The van der Waals surface area contributed by atoms with E-state index in [2.05, 4.69) is 24.4 Å². The van der Waals surface area contributed by atoms with Gasteiger partial charge in [0, 0.05) is 24.2 Å². The largest absolute Gasteiger partial charge is 0.380 e. The third-order valence-electron chi connectivity index (χ3n) is 3.28. The van der Waals surface area contributed by atoms with Crippen molar-refractivity contribution in [1.82, 2.24) is 0 Å². The summed E-state index contributed by atoms with van der Waals surface area (Å²) < 4.78 is 0. The second-order valence-electron chi connectivity index (χ2n) is 4.60. The Labute approximate surface area is 114 Å². The van der Waals surface area contributed by atoms with Gasteiger partial charge in [0.2, 0.25) is 0 Å². The normalized spacial score (nSPS) is 10.2. The molecule has 2 heteroatoms. The average molecular weight is 253 g/mol. The van der Waals surface area contributed by atoms with Crippen LogP contribution in [0, 0.1) is 6.92 Å². The highest BCUT2D eigenvalue weighted by atomic mass is 16.1. The highest BCUT2D eigenvalue weighted by Crippen LogP contribution is 2.18. The van der Waals surface area contributed by atoms with E-state index in [0.29, 0.717) is 6.42 Å². The first kappa shape index (κ1) is 13.3. The van der Waals surface area contributed by atoms with Gasteiger partial charge in [-0.3, -0.25) is 4.79 Å². The second-order valence-corrected chi connectivity index (χ2v) is 4.60. The molecule has 0 spiro atoms. The zero-order valence-electron chi connectivity index (χ0n) is 11.4. The Balaban J connectivity index is 2.16. The van der Waals surface area contributed by atoms with Gasteiger partial charge in [0.15, 0.2) is 5.78 Å². The van der Waals surface area contributed by atoms with E-state index in [-0.39, 0.29) is 5.78 Å². The van der Waals surface area contributed by atoms with Crippen LogP contribution in [0.5, 0.6) is 0 Å². The van der Waals surface area contributed by atoms with Crippen LogP contribution in [0.3, 0.4) is 0 Å². The number of Topliss-reactive ketones (excluding diaryl/α,β-unsaturated/α-hetero) is 1. The Morgan fingerprint density at radius 3 is 2.47 bits per heavy atom. The maximum atomic E-state index is 11.9. The van der Waals surface area contributed by atoms with Crippen LogP contribution >= 0.6 is 0 Å². The van der Waals surface area contributed by atoms with Gasteiger partial charge in [0.05, 0.1) is 0 Å². The lowest BCUT2D eigenvalue weighted by Crippen LogP contribution is -2.06.